The highest BCUT2D eigenvalue weighted by molar-refractivity contribution is 7.10. The summed E-state index contributed by atoms with van der Waals surface area (Å²) in [6, 6.07) is 5.59. The summed E-state index contributed by atoms with van der Waals surface area (Å²) < 4.78 is 0. The molecular formula is C14H23NS. The van der Waals surface area contributed by atoms with E-state index in [-0.39, 0.29) is 0 Å². The van der Waals surface area contributed by atoms with Crippen LogP contribution in [-0.2, 0) is 0 Å². The number of nitrogens with one attached hydrogen (secondary N) is 1. The summed E-state index contributed by atoms with van der Waals surface area (Å²) in [6.07, 6.45) is 2.79. The van der Waals surface area contributed by atoms with Crippen LogP contribution < -0.4 is 5.32 Å². The predicted molar refractivity (Wildman–Crippen MR) is 71.8 cm³/mol. The monoisotopic (exact) mass is 237 g/mol. The molecular weight excluding hydrogens is 214 g/mol. The van der Waals surface area contributed by atoms with Crippen molar-refractivity contribution < 1.29 is 0 Å². The molecule has 2 rings (SSSR count). The topological polar surface area (TPSA) is 12.0 Å². The van der Waals surface area contributed by atoms with Crippen LogP contribution in [0, 0.1) is 11.3 Å². The maximum absolute atomic E-state index is 3.83. The molecule has 0 aliphatic heterocycles. The second kappa shape index (κ2) is 4.50. The summed E-state index contributed by atoms with van der Waals surface area (Å²) in [4.78, 5) is 1.51. The molecule has 0 spiro atoms. The van der Waals surface area contributed by atoms with Crippen LogP contribution in [0.4, 0.5) is 0 Å². The van der Waals surface area contributed by atoms with Crippen LogP contribution in [0.3, 0.4) is 0 Å². The summed E-state index contributed by atoms with van der Waals surface area (Å²) in [5, 5.41) is 6.02. The first-order valence-corrected chi connectivity index (χ1v) is 7.16. The minimum atomic E-state index is 0.338. The largest absolute Gasteiger partial charge is 0.306 e. The van der Waals surface area contributed by atoms with E-state index in [1.165, 1.54) is 17.7 Å². The van der Waals surface area contributed by atoms with Crippen LogP contribution in [0.5, 0.6) is 0 Å². The summed E-state index contributed by atoms with van der Waals surface area (Å²) >= 11 is 1.89. The Morgan fingerprint density at radius 3 is 2.50 bits per heavy atom. The summed E-state index contributed by atoms with van der Waals surface area (Å²) in [5.74, 6) is 0.878. The molecule has 16 heavy (non-hydrogen) atoms. The maximum atomic E-state index is 3.83. The molecule has 2 atom stereocenters. The summed E-state index contributed by atoms with van der Waals surface area (Å²) in [7, 11) is 0. The van der Waals surface area contributed by atoms with Crippen LogP contribution in [0.2, 0.25) is 0 Å². The molecule has 1 heterocycles. The Morgan fingerprint density at radius 2 is 2.06 bits per heavy atom. The first-order valence-electron chi connectivity index (χ1n) is 6.28. The number of hydrogen-bond acceptors (Lipinski definition) is 2. The Hall–Kier alpha value is -0.340. The molecule has 0 aromatic carbocycles. The lowest BCUT2D eigenvalue weighted by Gasteiger charge is -2.32. The van der Waals surface area contributed by atoms with Gasteiger partial charge in [-0.2, -0.15) is 0 Å². The van der Waals surface area contributed by atoms with Crippen molar-refractivity contribution in [1.82, 2.24) is 5.32 Å². The van der Waals surface area contributed by atoms with Gasteiger partial charge in [-0.25, -0.2) is 0 Å². The molecule has 2 unspecified atom stereocenters. The third-order valence-electron chi connectivity index (χ3n) is 3.67. The van der Waals surface area contributed by atoms with Gasteiger partial charge in [-0.1, -0.05) is 26.8 Å². The van der Waals surface area contributed by atoms with E-state index in [9.17, 15) is 0 Å². The highest BCUT2D eigenvalue weighted by Gasteiger charge is 2.35. The van der Waals surface area contributed by atoms with E-state index in [2.05, 4.69) is 50.5 Å². The Balaban J connectivity index is 2.04. The molecule has 1 N–H and O–H groups in total. The van der Waals surface area contributed by atoms with E-state index in [0.29, 0.717) is 17.5 Å². The second-order valence-electron chi connectivity index (χ2n) is 6.08. The van der Waals surface area contributed by atoms with Gasteiger partial charge in [-0.3, -0.25) is 0 Å². The van der Waals surface area contributed by atoms with Gasteiger partial charge in [0.05, 0.1) is 0 Å². The van der Waals surface area contributed by atoms with Gasteiger partial charge in [0.1, 0.15) is 0 Å². The molecule has 0 amide bonds. The van der Waals surface area contributed by atoms with E-state index in [4.69, 9.17) is 0 Å². The first-order chi connectivity index (χ1) is 7.48. The van der Waals surface area contributed by atoms with Crippen molar-refractivity contribution in [3.05, 3.63) is 22.4 Å². The molecule has 1 aliphatic carbocycles. The van der Waals surface area contributed by atoms with Gasteiger partial charge in [-0.05, 0) is 42.5 Å². The van der Waals surface area contributed by atoms with Crippen molar-refractivity contribution in [2.75, 3.05) is 0 Å². The van der Waals surface area contributed by atoms with Gasteiger partial charge in [0.25, 0.3) is 0 Å². The quantitative estimate of drug-likeness (QED) is 0.826. The Morgan fingerprint density at radius 1 is 1.38 bits per heavy atom. The van der Waals surface area contributed by atoms with E-state index >= 15 is 0 Å². The summed E-state index contributed by atoms with van der Waals surface area (Å²) in [6.45, 7) is 9.23. The number of rotatable bonds is 4. The van der Waals surface area contributed by atoms with Crippen molar-refractivity contribution in [3.63, 3.8) is 0 Å². The molecule has 1 nitrogen and oxygen atoms in total. The van der Waals surface area contributed by atoms with Gasteiger partial charge in [-0.15, -0.1) is 11.3 Å². The Kier molecular flexibility index (Phi) is 3.41. The Bertz CT molecular complexity index is 319. The van der Waals surface area contributed by atoms with Crippen molar-refractivity contribution in [2.45, 2.75) is 52.6 Å². The highest BCUT2D eigenvalue weighted by atomic mass is 32.1. The van der Waals surface area contributed by atoms with Gasteiger partial charge < -0.3 is 5.32 Å². The molecule has 0 saturated heterocycles. The first kappa shape index (κ1) is 12.1. The second-order valence-corrected chi connectivity index (χ2v) is 7.06. The zero-order valence-electron chi connectivity index (χ0n) is 10.8. The predicted octanol–water partition coefficient (Wildman–Crippen LogP) is 4.22. The third-order valence-corrected chi connectivity index (χ3v) is 4.63. The molecule has 2 heteroatoms. The molecule has 90 valence electrons. The third kappa shape index (κ3) is 2.86. The number of thiophene rings is 1. The van der Waals surface area contributed by atoms with Gasteiger partial charge in [0, 0.05) is 17.0 Å². The molecule has 0 radical (unpaired) electrons. The van der Waals surface area contributed by atoms with Crippen molar-refractivity contribution in [3.8, 4) is 0 Å². The van der Waals surface area contributed by atoms with Crippen LogP contribution in [0.1, 0.15) is 51.5 Å². The normalized spacial score (nSPS) is 20.8. The SMILES string of the molecule is CC(NC(c1cccs1)C1CC1)C(C)(C)C. The average Bonchev–Trinajstić information content (AvgIpc) is 2.88. The van der Waals surface area contributed by atoms with Crippen molar-refractivity contribution in [1.29, 1.82) is 0 Å². The Labute approximate surface area is 103 Å². The van der Waals surface area contributed by atoms with Crippen LogP contribution in [0.15, 0.2) is 17.5 Å². The molecule has 1 aromatic rings. The smallest absolute Gasteiger partial charge is 0.0445 e. The maximum Gasteiger partial charge on any atom is 0.0445 e. The van der Waals surface area contributed by atoms with Crippen LogP contribution in [-0.4, -0.2) is 6.04 Å². The van der Waals surface area contributed by atoms with E-state index in [1.54, 1.807) is 0 Å². The van der Waals surface area contributed by atoms with E-state index in [1.807, 2.05) is 11.3 Å². The molecule has 0 bridgehead atoms. The lowest BCUT2D eigenvalue weighted by molar-refractivity contribution is 0.255. The fraction of sp³-hybridized carbons (Fsp3) is 0.714. The zero-order chi connectivity index (χ0) is 11.8. The molecule has 1 aliphatic rings. The van der Waals surface area contributed by atoms with Gasteiger partial charge in [0.2, 0.25) is 0 Å². The van der Waals surface area contributed by atoms with Gasteiger partial charge in [0.15, 0.2) is 0 Å². The van der Waals surface area contributed by atoms with E-state index in [0.717, 1.165) is 5.92 Å². The average molecular weight is 237 g/mol. The lowest BCUT2D eigenvalue weighted by atomic mass is 9.87. The van der Waals surface area contributed by atoms with Crippen LogP contribution in [0.25, 0.3) is 0 Å². The number of hydrogen-bond donors (Lipinski definition) is 1. The fourth-order valence-electron chi connectivity index (χ4n) is 1.87. The van der Waals surface area contributed by atoms with E-state index < -0.39 is 0 Å². The molecule has 1 fully saturated rings. The lowest BCUT2D eigenvalue weighted by Crippen LogP contribution is -2.40. The highest BCUT2D eigenvalue weighted by Crippen LogP contribution is 2.43. The standard InChI is InChI=1S/C14H23NS/c1-10(14(2,3)4)15-13(11-7-8-11)12-6-5-9-16-12/h5-6,9-11,13,15H,7-8H2,1-4H3. The molecule has 1 aromatic heterocycles. The summed E-state index contributed by atoms with van der Waals surface area (Å²) in [5.41, 5.74) is 0.338. The fourth-order valence-corrected chi connectivity index (χ4v) is 2.75. The zero-order valence-corrected chi connectivity index (χ0v) is 11.6. The van der Waals surface area contributed by atoms with Crippen molar-refractivity contribution >= 4 is 11.3 Å². The van der Waals surface area contributed by atoms with Crippen molar-refractivity contribution in [2.24, 2.45) is 11.3 Å². The minimum Gasteiger partial charge on any atom is -0.306 e. The van der Waals surface area contributed by atoms with Gasteiger partial charge >= 0.3 is 0 Å². The molecule has 1 saturated carbocycles. The minimum absolute atomic E-state index is 0.338. The van der Waals surface area contributed by atoms with Crippen LogP contribution >= 0.6 is 11.3 Å².